The van der Waals surface area contributed by atoms with Gasteiger partial charge in [0.15, 0.2) is 0 Å². The van der Waals surface area contributed by atoms with E-state index in [1.165, 1.54) is 5.39 Å². The summed E-state index contributed by atoms with van der Waals surface area (Å²) in [4.78, 5) is 2.95. The predicted molar refractivity (Wildman–Crippen MR) is 50.0 cm³/mol. The monoisotopic (exact) mass is 168 g/mol. The van der Waals surface area contributed by atoms with Crippen molar-refractivity contribution in [2.24, 2.45) is 0 Å². The van der Waals surface area contributed by atoms with Gasteiger partial charge in [-0.3, -0.25) is 0 Å². The number of aromatic nitrogens is 1. The van der Waals surface area contributed by atoms with Crippen molar-refractivity contribution in [1.29, 1.82) is 0 Å². The summed E-state index contributed by atoms with van der Waals surface area (Å²) in [6.45, 7) is 0. The fraction of sp³-hybridized carbons (Fsp3) is 0. The zero-order valence-corrected chi connectivity index (χ0v) is 6.69. The van der Waals surface area contributed by atoms with Gasteiger partial charge < -0.3 is 10.7 Å². The number of anilines is 1. The summed E-state index contributed by atoms with van der Waals surface area (Å²) >= 11 is 0. The summed E-state index contributed by atoms with van der Waals surface area (Å²) in [5.74, 6) is 0.746. The van der Waals surface area contributed by atoms with Crippen LogP contribution in [0.4, 0.5) is 5.82 Å². The van der Waals surface area contributed by atoms with Crippen LogP contribution in [0.25, 0.3) is 10.8 Å². The van der Waals surface area contributed by atoms with Crippen molar-refractivity contribution in [3.63, 3.8) is 0 Å². The molecule has 1 heterocycles. The second kappa shape index (κ2) is 2.84. The van der Waals surface area contributed by atoms with E-state index in [0.717, 1.165) is 11.2 Å². The molecule has 2 nitrogen and oxygen atoms in total. The second-order valence-corrected chi connectivity index (χ2v) is 2.29. The van der Waals surface area contributed by atoms with Gasteiger partial charge in [-0.2, -0.15) is 0 Å². The van der Waals surface area contributed by atoms with Gasteiger partial charge in [-0.05, 0) is 0 Å². The molecule has 3 N–H and O–H groups in total. The maximum absolute atomic E-state index is 5.62. The lowest BCUT2D eigenvalue weighted by Crippen LogP contribution is -1.82. The van der Waals surface area contributed by atoms with Gasteiger partial charge >= 0.3 is 0 Å². The molecule has 0 spiro atoms. The molecule has 0 aliphatic heterocycles. The van der Waals surface area contributed by atoms with E-state index in [0.29, 0.717) is 0 Å². The molecule has 0 saturated carbocycles. The van der Waals surface area contributed by atoms with Gasteiger partial charge in [0.25, 0.3) is 0 Å². The number of fused-ring (bicyclic) bond motifs is 1. The first-order valence-electron chi connectivity index (χ1n) is 3.19. The average molecular weight is 169 g/mol. The zero-order valence-electron chi connectivity index (χ0n) is 5.87. The highest BCUT2D eigenvalue weighted by atomic mass is 35.5. The first-order valence-corrected chi connectivity index (χ1v) is 3.19. The van der Waals surface area contributed by atoms with Crippen LogP contribution in [0.1, 0.15) is 0 Å². The Morgan fingerprint density at radius 3 is 2.64 bits per heavy atom. The van der Waals surface area contributed by atoms with Crippen LogP contribution in [0, 0.1) is 0 Å². The Morgan fingerprint density at radius 2 is 1.91 bits per heavy atom. The third-order valence-corrected chi connectivity index (χ3v) is 1.63. The quantitative estimate of drug-likeness (QED) is 0.622. The highest BCUT2D eigenvalue weighted by Gasteiger charge is 1.95. The van der Waals surface area contributed by atoms with E-state index in [4.69, 9.17) is 5.73 Å². The van der Waals surface area contributed by atoms with Gasteiger partial charge in [0.05, 0.1) is 0 Å². The number of hydrogen-bond donors (Lipinski definition) is 2. The molecule has 0 unspecified atom stereocenters. The van der Waals surface area contributed by atoms with Crippen LogP contribution < -0.4 is 5.73 Å². The number of H-pyrrole nitrogens is 1. The van der Waals surface area contributed by atoms with Crippen LogP contribution in [0.2, 0.25) is 0 Å². The molecule has 3 heteroatoms. The molecule has 0 aliphatic carbocycles. The Hall–Kier alpha value is -1.15. The van der Waals surface area contributed by atoms with E-state index >= 15 is 0 Å². The first-order chi connectivity index (χ1) is 4.88. The lowest BCUT2D eigenvalue weighted by atomic mass is 10.2. The number of nitrogens with two attached hydrogens (primary N) is 1. The maximum Gasteiger partial charge on any atom is 0.108 e. The Bertz CT molecular complexity index is 354. The summed E-state index contributed by atoms with van der Waals surface area (Å²) in [5.41, 5.74) is 5.62. The van der Waals surface area contributed by atoms with E-state index in [1.807, 2.05) is 30.5 Å². The van der Waals surface area contributed by atoms with E-state index in [-0.39, 0.29) is 12.4 Å². The molecule has 58 valence electrons. The number of hydrogen-bond acceptors (Lipinski definition) is 1. The highest BCUT2D eigenvalue weighted by molar-refractivity contribution is 5.91. The Kier molecular flexibility index (Phi) is 2.06. The smallest absolute Gasteiger partial charge is 0.108 e. The topological polar surface area (TPSA) is 41.8 Å². The lowest BCUT2D eigenvalue weighted by molar-refractivity contribution is 1.43. The number of nitrogens with one attached hydrogen (secondary N) is 1. The van der Waals surface area contributed by atoms with Crippen LogP contribution in [-0.4, -0.2) is 4.98 Å². The van der Waals surface area contributed by atoms with E-state index in [2.05, 4.69) is 4.98 Å². The summed E-state index contributed by atoms with van der Waals surface area (Å²) in [7, 11) is 0. The Labute approximate surface area is 70.8 Å². The van der Waals surface area contributed by atoms with E-state index in [9.17, 15) is 0 Å². The minimum absolute atomic E-state index is 0. The summed E-state index contributed by atoms with van der Waals surface area (Å²) in [5, 5.41) is 2.27. The van der Waals surface area contributed by atoms with Gasteiger partial charge in [-0.1, -0.05) is 24.3 Å². The van der Waals surface area contributed by atoms with Crippen molar-refractivity contribution < 1.29 is 0 Å². The number of aromatic amines is 1. The Morgan fingerprint density at radius 1 is 1.18 bits per heavy atom. The standard InChI is InChI=1S/C8H8N2.ClH/c9-8-7-4-2-1-3-6(7)5-10-8;/h1-5,10H,9H2;1H. The molecule has 0 bridgehead atoms. The number of nitrogen functional groups attached to an aromatic ring is 1. The van der Waals surface area contributed by atoms with Crippen molar-refractivity contribution in [3.05, 3.63) is 30.5 Å². The minimum Gasteiger partial charge on any atom is -0.385 e. The first kappa shape index (κ1) is 7.95. The van der Waals surface area contributed by atoms with E-state index in [1.54, 1.807) is 0 Å². The van der Waals surface area contributed by atoms with Crippen LogP contribution in [0.3, 0.4) is 0 Å². The molecule has 11 heavy (non-hydrogen) atoms. The van der Waals surface area contributed by atoms with Crippen LogP contribution in [0.15, 0.2) is 30.5 Å². The summed E-state index contributed by atoms with van der Waals surface area (Å²) < 4.78 is 0. The fourth-order valence-corrected chi connectivity index (χ4v) is 1.10. The maximum atomic E-state index is 5.62. The number of benzene rings is 1. The Balaban J connectivity index is 0.000000605. The molecule has 0 atom stereocenters. The molecule has 1 aromatic heterocycles. The normalized spacial score (nSPS) is 9.45. The lowest BCUT2D eigenvalue weighted by Gasteiger charge is -1.86. The molecule has 2 aromatic rings. The molecule has 0 radical (unpaired) electrons. The highest BCUT2D eigenvalue weighted by Crippen LogP contribution is 2.18. The molecule has 1 aromatic carbocycles. The SMILES string of the molecule is Cl.Nc1[nH]cc2ccccc12. The third kappa shape index (κ3) is 1.17. The van der Waals surface area contributed by atoms with Crippen molar-refractivity contribution in [2.75, 3.05) is 5.73 Å². The molecule has 0 fully saturated rings. The third-order valence-electron chi connectivity index (χ3n) is 1.63. The molecule has 0 saturated heterocycles. The van der Waals surface area contributed by atoms with Crippen LogP contribution in [0.5, 0.6) is 0 Å². The summed E-state index contributed by atoms with van der Waals surface area (Å²) in [6, 6.07) is 8.01. The molecule has 0 amide bonds. The van der Waals surface area contributed by atoms with Crippen molar-refractivity contribution in [3.8, 4) is 0 Å². The molecule has 0 aliphatic rings. The summed E-state index contributed by atoms with van der Waals surface area (Å²) in [6.07, 6.45) is 1.91. The van der Waals surface area contributed by atoms with Gasteiger partial charge in [0, 0.05) is 17.0 Å². The van der Waals surface area contributed by atoms with E-state index < -0.39 is 0 Å². The van der Waals surface area contributed by atoms with Crippen molar-refractivity contribution in [1.82, 2.24) is 4.98 Å². The fourth-order valence-electron chi connectivity index (χ4n) is 1.10. The van der Waals surface area contributed by atoms with Crippen molar-refractivity contribution >= 4 is 29.0 Å². The average Bonchev–Trinajstić information content (AvgIpc) is 2.34. The predicted octanol–water partition coefficient (Wildman–Crippen LogP) is 2.17. The van der Waals surface area contributed by atoms with Crippen LogP contribution in [-0.2, 0) is 0 Å². The van der Waals surface area contributed by atoms with Gasteiger partial charge in [0.2, 0.25) is 0 Å². The van der Waals surface area contributed by atoms with Gasteiger partial charge in [-0.15, -0.1) is 12.4 Å². The zero-order chi connectivity index (χ0) is 6.97. The largest absolute Gasteiger partial charge is 0.385 e. The minimum atomic E-state index is 0. The van der Waals surface area contributed by atoms with Gasteiger partial charge in [0.1, 0.15) is 5.82 Å². The van der Waals surface area contributed by atoms with Gasteiger partial charge in [-0.25, -0.2) is 0 Å². The number of halogens is 1. The molecule has 2 rings (SSSR count). The van der Waals surface area contributed by atoms with Crippen molar-refractivity contribution in [2.45, 2.75) is 0 Å². The number of rotatable bonds is 0. The molecular formula is C8H9ClN2. The second-order valence-electron chi connectivity index (χ2n) is 2.29. The molecular weight excluding hydrogens is 160 g/mol. The van der Waals surface area contributed by atoms with Crippen LogP contribution >= 0.6 is 12.4 Å².